The molecule has 25 heavy (non-hydrogen) atoms. The third-order valence-electron chi connectivity index (χ3n) is 4.63. The standard InChI is InChI=1S/C17H17N3O3S2/c21-14(9-13-15(22)19-17(23)25-13)20-7-5-10(6-8-20)16-18-11-3-1-2-4-12(11)24-16/h1-4,10,13H,5-9H2,(H,19,22,23). The number of aromatic nitrogens is 1. The number of thiazole rings is 1. The number of para-hydroxylation sites is 1. The molecule has 2 aromatic rings. The van der Waals surface area contributed by atoms with Gasteiger partial charge in [-0.05, 0) is 25.0 Å². The smallest absolute Gasteiger partial charge is 0.286 e. The van der Waals surface area contributed by atoms with Gasteiger partial charge in [0, 0.05) is 25.4 Å². The Hall–Kier alpha value is -1.93. The summed E-state index contributed by atoms with van der Waals surface area (Å²) in [7, 11) is 0. The number of hydrogen-bond donors (Lipinski definition) is 1. The van der Waals surface area contributed by atoms with Gasteiger partial charge in [-0.2, -0.15) is 0 Å². The van der Waals surface area contributed by atoms with Gasteiger partial charge in [-0.1, -0.05) is 23.9 Å². The molecular weight excluding hydrogens is 358 g/mol. The molecule has 0 saturated carbocycles. The molecule has 2 fully saturated rings. The van der Waals surface area contributed by atoms with E-state index < -0.39 is 5.25 Å². The molecule has 2 aliphatic heterocycles. The number of thioether (sulfide) groups is 1. The monoisotopic (exact) mass is 375 g/mol. The molecule has 0 bridgehead atoms. The lowest BCUT2D eigenvalue weighted by molar-refractivity contribution is -0.133. The van der Waals surface area contributed by atoms with Crippen molar-refractivity contribution in [3.63, 3.8) is 0 Å². The Labute approximate surface area is 153 Å². The lowest BCUT2D eigenvalue weighted by atomic mass is 9.97. The fraction of sp³-hybridized carbons (Fsp3) is 0.412. The Morgan fingerprint density at radius 2 is 2.00 bits per heavy atom. The molecule has 6 nitrogen and oxygen atoms in total. The number of imide groups is 1. The molecule has 1 unspecified atom stereocenters. The third-order valence-corrected chi connectivity index (χ3v) is 6.81. The van der Waals surface area contributed by atoms with Crippen LogP contribution in [0, 0.1) is 0 Å². The minimum absolute atomic E-state index is 0.0508. The molecule has 4 rings (SSSR count). The van der Waals surface area contributed by atoms with Gasteiger partial charge in [0.25, 0.3) is 5.24 Å². The van der Waals surface area contributed by atoms with Crippen LogP contribution in [0.25, 0.3) is 10.2 Å². The molecule has 130 valence electrons. The van der Waals surface area contributed by atoms with Crippen molar-refractivity contribution in [1.29, 1.82) is 0 Å². The highest BCUT2D eigenvalue weighted by Crippen LogP contribution is 2.34. The largest absolute Gasteiger partial charge is 0.343 e. The lowest BCUT2D eigenvalue weighted by Crippen LogP contribution is -2.40. The van der Waals surface area contributed by atoms with Crippen molar-refractivity contribution in [1.82, 2.24) is 15.2 Å². The quantitative estimate of drug-likeness (QED) is 0.892. The van der Waals surface area contributed by atoms with E-state index in [0.717, 1.165) is 35.1 Å². The van der Waals surface area contributed by atoms with E-state index in [-0.39, 0.29) is 23.5 Å². The molecule has 2 saturated heterocycles. The number of hydrogen-bond acceptors (Lipinski definition) is 6. The SMILES string of the molecule is O=C1NC(=O)C(CC(=O)N2CCC(c3nc4ccccc4s3)CC2)S1. The van der Waals surface area contributed by atoms with E-state index in [1.54, 1.807) is 16.2 Å². The average Bonchev–Trinajstić information content (AvgIpc) is 3.18. The maximum absolute atomic E-state index is 12.4. The molecule has 3 amide bonds. The van der Waals surface area contributed by atoms with Crippen LogP contribution in [0.15, 0.2) is 24.3 Å². The normalized spacial score (nSPS) is 21.8. The maximum atomic E-state index is 12.4. The number of fused-ring (bicyclic) bond motifs is 1. The zero-order valence-electron chi connectivity index (χ0n) is 13.4. The van der Waals surface area contributed by atoms with E-state index in [2.05, 4.69) is 11.4 Å². The lowest BCUT2D eigenvalue weighted by Gasteiger charge is -2.31. The highest BCUT2D eigenvalue weighted by molar-refractivity contribution is 8.15. The number of nitrogens with one attached hydrogen (secondary N) is 1. The van der Waals surface area contributed by atoms with Crippen LogP contribution in [-0.2, 0) is 9.59 Å². The summed E-state index contributed by atoms with van der Waals surface area (Å²) < 4.78 is 1.20. The summed E-state index contributed by atoms with van der Waals surface area (Å²) in [6, 6.07) is 8.13. The van der Waals surface area contributed by atoms with Crippen LogP contribution in [0.3, 0.4) is 0 Å². The maximum Gasteiger partial charge on any atom is 0.286 e. The number of rotatable bonds is 3. The molecule has 2 aliphatic rings. The predicted molar refractivity (Wildman–Crippen MR) is 97.7 cm³/mol. The summed E-state index contributed by atoms with van der Waals surface area (Å²) in [5, 5.41) is 2.42. The van der Waals surface area contributed by atoms with Crippen molar-refractivity contribution in [3.8, 4) is 0 Å². The first-order chi connectivity index (χ1) is 12.1. The number of amides is 3. The summed E-state index contributed by atoms with van der Waals surface area (Å²) in [6.07, 6.45) is 1.86. The number of likely N-dealkylation sites (tertiary alicyclic amines) is 1. The number of benzene rings is 1. The van der Waals surface area contributed by atoms with Gasteiger partial charge in [-0.3, -0.25) is 19.7 Å². The van der Waals surface area contributed by atoms with E-state index in [4.69, 9.17) is 4.98 Å². The fourth-order valence-electron chi connectivity index (χ4n) is 3.26. The Bertz CT molecular complexity index is 810. The van der Waals surface area contributed by atoms with Crippen molar-refractivity contribution in [2.45, 2.75) is 30.4 Å². The van der Waals surface area contributed by atoms with Crippen LogP contribution in [0.1, 0.15) is 30.2 Å². The average molecular weight is 375 g/mol. The first kappa shape index (κ1) is 16.5. The highest BCUT2D eigenvalue weighted by atomic mass is 32.2. The van der Waals surface area contributed by atoms with Crippen molar-refractivity contribution < 1.29 is 14.4 Å². The molecule has 8 heteroatoms. The zero-order chi connectivity index (χ0) is 17.4. The van der Waals surface area contributed by atoms with Gasteiger partial charge in [-0.15, -0.1) is 11.3 Å². The van der Waals surface area contributed by atoms with Crippen LogP contribution in [0.4, 0.5) is 4.79 Å². The van der Waals surface area contributed by atoms with Crippen LogP contribution < -0.4 is 5.32 Å². The molecule has 0 spiro atoms. The summed E-state index contributed by atoms with van der Waals surface area (Å²) in [4.78, 5) is 41.7. The van der Waals surface area contributed by atoms with E-state index >= 15 is 0 Å². The van der Waals surface area contributed by atoms with Gasteiger partial charge < -0.3 is 4.90 Å². The molecule has 0 radical (unpaired) electrons. The molecule has 1 aromatic heterocycles. The van der Waals surface area contributed by atoms with Crippen LogP contribution in [0.2, 0.25) is 0 Å². The first-order valence-electron chi connectivity index (χ1n) is 8.25. The van der Waals surface area contributed by atoms with Crippen molar-refractivity contribution in [2.24, 2.45) is 0 Å². The second kappa shape index (κ2) is 6.76. The topological polar surface area (TPSA) is 79.4 Å². The van der Waals surface area contributed by atoms with E-state index in [0.29, 0.717) is 19.0 Å². The number of piperidine rings is 1. The molecule has 1 aromatic carbocycles. The second-order valence-electron chi connectivity index (χ2n) is 6.26. The van der Waals surface area contributed by atoms with E-state index in [1.165, 1.54) is 4.70 Å². The molecule has 1 N–H and O–H groups in total. The Morgan fingerprint density at radius 3 is 2.68 bits per heavy atom. The number of nitrogens with zero attached hydrogens (tertiary/aromatic N) is 2. The van der Waals surface area contributed by atoms with Crippen molar-refractivity contribution in [3.05, 3.63) is 29.3 Å². The van der Waals surface area contributed by atoms with Gasteiger partial charge in [0.05, 0.1) is 15.2 Å². The molecular formula is C17H17N3O3S2. The van der Waals surface area contributed by atoms with Gasteiger partial charge in [0.15, 0.2) is 0 Å². The van der Waals surface area contributed by atoms with E-state index in [9.17, 15) is 14.4 Å². The minimum Gasteiger partial charge on any atom is -0.343 e. The van der Waals surface area contributed by atoms with Crippen molar-refractivity contribution in [2.75, 3.05) is 13.1 Å². The zero-order valence-corrected chi connectivity index (χ0v) is 15.1. The number of carbonyl (C=O) groups is 3. The Morgan fingerprint density at radius 1 is 1.24 bits per heavy atom. The van der Waals surface area contributed by atoms with E-state index in [1.807, 2.05) is 18.2 Å². The van der Waals surface area contributed by atoms with Gasteiger partial charge in [0.1, 0.15) is 5.25 Å². The fourth-order valence-corrected chi connectivity index (χ4v) is 5.20. The van der Waals surface area contributed by atoms with Gasteiger partial charge >= 0.3 is 0 Å². The molecule has 3 heterocycles. The van der Waals surface area contributed by atoms with Gasteiger partial charge in [-0.25, -0.2) is 4.98 Å². The summed E-state index contributed by atoms with van der Waals surface area (Å²) >= 11 is 2.64. The number of carbonyl (C=O) groups excluding carboxylic acids is 3. The second-order valence-corrected chi connectivity index (χ2v) is 8.50. The van der Waals surface area contributed by atoms with Crippen molar-refractivity contribution >= 4 is 50.4 Å². The Kier molecular flexibility index (Phi) is 4.47. The summed E-state index contributed by atoms with van der Waals surface area (Å²) in [6.45, 7) is 1.35. The predicted octanol–water partition coefficient (Wildman–Crippen LogP) is 2.74. The van der Waals surface area contributed by atoms with Crippen LogP contribution in [0.5, 0.6) is 0 Å². The Balaban J connectivity index is 1.35. The first-order valence-corrected chi connectivity index (χ1v) is 9.94. The third kappa shape index (κ3) is 3.41. The molecule has 1 atom stereocenters. The highest BCUT2D eigenvalue weighted by Gasteiger charge is 2.35. The summed E-state index contributed by atoms with van der Waals surface area (Å²) in [5.74, 6) is -0.0232. The van der Waals surface area contributed by atoms with Gasteiger partial charge in [0.2, 0.25) is 11.8 Å². The van der Waals surface area contributed by atoms with Crippen LogP contribution >= 0.6 is 23.1 Å². The minimum atomic E-state index is -0.581. The van der Waals surface area contributed by atoms with Crippen LogP contribution in [-0.4, -0.2) is 45.3 Å². The summed E-state index contributed by atoms with van der Waals surface area (Å²) in [5.41, 5.74) is 1.04. The molecule has 0 aliphatic carbocycles.